The van der Waals surface area contributed by atoms with E-state index in [1.54, 1.807) is 0 Å². The highest BCUT2D eigenvalue weighted by Gasteiger charge is 2.33. The Bertz CT molecular complexity index is 356. The maximum absolute atomic E-state index is 12.4. The van der Waals surface area contributed by atoms with Gasteiger partial charge in [-0.25, -0.2) is 0 Å². The highest BCUT2D eigenvalue weighted by Crippen LogP contribution is 2.31. The molecule has 2 rings (SSSR count). The van der Waals surface area contributed by atoms with Crippen molar-refractivity contribution < 1.29 is 14.7 Å². The summed E-state index contributed by atoms with van der Waals surface area (Å²) in [6.07, 6.45) is 8.83. The zero-order chi connectivity index (χ0) is 14.5. The van der Waals surface area contributed by atoms with Crippen LogP contribution < -0.4 is 5.32 Å². The molecule has 4 heteroatoms. The topological polar surface area (TPSA) is 66.4 Å². The predicted molar refractivity (Wildman–Crippen MR) is 77.3 cm³/mol. The minimum Gasteiger partial charge on any atom is -0.481 e. The number of nitrogens with one attached hydrogen (secondary N) is 1. The summed E-state index contributed by atoms with van der Waals surface area (Å²) < 4.78 is 0. The van der Waals surface area contributed by atoms with Gasteiger partial charge in [-0.05, 0) is 38.0 Å². The van der Waals surface area contributed by atoms with Crippen molar-refractivity contribution in [3.8, 4) is 0 Å². The van der Waals surface area contributed by atoms with Crippen molar-refractivity contribution in [1.29, 1.82) is 0 Å². The van der Waals surface area contributed by atoms with Crippen LogP contribution in [0.15, 0.2) is 0 Å². The first-order valence-electron chi connectivity index (χ1n) is 8.15. The minimum atomic E-state index is -0.744. The lowest BCUT2D eigenvalue weighted by Crippen LogP contribution is -2.45. The summed E-state index contributed by atoms with van der Waals surface area (Å²) >= 11 is 0. The zero-order valence-electron chi connectivity index (χ0n) is 12.4. The van der Waals surface area contributed by atoms with Gasteiger partial charge >= 0.3 is 5.97 Å². The average Bonchev–Trinajstić information content (AvgIpc) is 2.48. The monoisotopic (exact) mass is 281 g/mol. The molecular weight excluding hydrogens is 254 g/mol. The van der Waals surface area contributed by atoms with Crippen molar-refractivity contribution in [1.82, 2.24) is 5.32 Å². The highest BCUT2D eigenvalue weighted by atomic mass is 16.4. The summed E-state index contributed by atoms with van der Waals surface area (Å²) in [4.78, 5) is 23.5. The molecule has 2 aliphatic rings. The van der Waals surface area contributed by atoms with Crippen LogP contribution in [-0.4, -0.2) is 23.0 Å². The Morgan fingerprint density at radius 3 is 2.45 bits per heavy atom. The minimum absolute atomic E-state index is 0.0933. The van der Waals surface area contributed by atoms with Crippen LogP contribution in [0.3, 0.4) is 0 Å². The maximum atomic E-state index is 12.4. The molecule has 2 saturated carbocycles. The largest absolute Gasteiger partial charge is 0.481 e. The summed E-state index contributed by atoms with van der Waals surface area (Å²) in [6.45, 7) is 2.19. The molecule has 0 aliphatic heterocycles. The van der Waals surface area contributed by atoms with Crippen molar-refractivity contribution in [2.45, 2.75) is 70.8 Å². The molecule has 2 aliphatic carbocycles. The standard InChI is InChI=1S/C16H27NO3/c1-2-11-6-3-4-9-14(11)17-15(18)12-7-5-8-13(10-12)16(19)20/h11-14H,2-10H2,1H3,(H,17,18)(H,19,20). The predicted octanol–water partition coefficient (Wildman–Crippen LogP) is 2.96. The Morgan fingerprint density at radius 1 is 1.05 bits per heavy atom. The molecule has 2 fully saturated rings. The van der Waals surface area contributed by atoms with Crippen molar-refractivity contribution in [2.24, 2.45) is 17.8 Å². The fraction of sp³-hybridized carbons (Fsp3) is 0.875. The van der Waals surface area contributed by atoms with Gasteiger partial charge in [0.25, 0.3) is 0 Å². The van der Waals surface area contributed by atoms with E-state index in [-0.39, 0.29) is 17.7 Å². The lowest BCUT2D eigenvalue weighted by atomic mass is 9.79. The van der Waals surface area contributed by atoms with Crippen molar-refractivity contribution >= 4 is 11.9 Å². The van der Waals surface area contributed by atoms with Gasteiger partial charge in [-0.1, -0.05) is 32.6 Å². The number of aliphatic carboxylic acids is 1. The van der Waals surface area contributed by atoms with Crippen molar-refractivity contribution in [2.75, 3.05) is 0 Å². The summed E-state index contributed by atoms with van der Waals surface area (Å²) in [5, 5.41) is 12.3. The van der Waals surface area contributed by atoms with E-state index in [2.05, 4.69) is 12.2 Å². The Morgan fingerprint density at radius 2 is 1.75 bits per heavy atom. The molecule has 0 spiro atoms. The molecule has 4 atom stereocenters. The third kappa shape index (κ3) is 3.74. The maximum Gasteiger partial charge on any atom is 0.306 e. The number of carbonyl (C=O) groups excluding carboxylic acids is 1. The molecule has 4 unspecified atom stereocenters. The van der Waals surface area contributed by atoms with Gasteiger partial charge in [0.05, 0.1) is 5.92 Å². The Kier molecular flexibility index (Phi) is 5.44. The normalized spacial score (nSPS) is 34.5. The molecular formula is C16H27NO3. The van der Waals surface area contributed by atoms with Gasteiger partial charge in [-0.15, -0.1) is 0 Å². The number of hydrogen-bond donors (Lipinski definition) is 2. The molecule has 0 aromatic carbocycles. The third-order valence-electron chi connectivity index (χ3n) is 5.16. The molecule has 4 nitrogen and oxygen atoms in total. The number of carbonyl (C=O) groups is 2. The molecule has 0 heterocycles. The van der Waals surface area contributed by atoms with Crippen LogP contribution in [0.1, 0.15) is 64.7 Å². The van der Waals surface area contributed by atoms with E-state index in [4.69, 9.17) is 5.11 Å². The highest BCUT2D eigenvalue weighted by molar-refractivity contribution is 5.80. The van der Waals surface area contributed by atoms with E-state index in [0.717, 1.165) is 32.1 Å². The van der Waals surface area contributed by atoms with Gasteiger partial charge in [0.2, 0.25) is 5.91 Å². The SMILES string of the molecule is CCC1CCCCC1NC(=O)C1CCCC(C(=O)O)C1. The Balaban J connectivity index is 1.88. The molecule has 1 amide bonds. The van der Waals surface area contributed by atoms with E-state index in [1.807, 2.05) is 0 Å². The van der Waals surface area contributed by atoms with Crippen molar-refractivity contribution in [3.05, 3.63) is 0 Å². The molecule has 0 bridgehead atoms. The second-order valence-electron chi connectivity index (χ2n) is 6.47. The van der Waals surface area contributed by atoms with Crippen LogP contribution >= 0.6 is 0 Å². The second-order valence-corrected chi connectivity index (χ2v) is 6.47. The van der Waals surface area contributed by atoms with Crippen molar-refractivity contribution in [3.63, 3.8) is 0 Å². The molecule has 114 valence electrons. The first-order chi connectivity index (χ1) is 9.61. The van der Waals surface area contributed by atoms with Crippen LogP contribution in [0.2, 0.25) is 0 Å². The third-order valence-corrected chi connectivity index (χ3v) is 5.16. The van der Waals surface area contributed by atoms with E-state index in [0.29, 0.717) is 18.4 Å². The van der Waals surface area contributed by atoms with E-state index in [9.17, 15) is 9.59 Å². The van der Waals surface area contributed by atoms with Crippen LogP contribution in [0.25, 0.3) is 0 Å². The van der Waals surface area contributed by atoms with E-state index in [1.165, 1.54) is 19.3 Å². The van der Waals surface area contributed by atoms with E-state index < -0.39 is 5.97 Å². The summed E-state index contributed by atoms with van der Waals surface area (Å²) in [7, 11) is 0. The Hall–Kier alpha value is -1.06. The first-order valence-corrected chi connectivity index (χ1v) is 8.15. The van der Waals surface area contributed by atoms with E-state index >= 15 is 0 Å². The Labute approximate surface area is 121 Å². The molecule has 2 N–H and O–H groups in total. The van der Waals surface area contributed by atoms with Crippen LogP contribution in [0.5, 0.6) is 0 Å². The first kappa shape index (κ1) is 15.3. The summed E-state index contributed by atoms with van der Waals surface area (Å²) in [5.41, 5.74) is 0. The molecule has 0 aromatic heterocycles. The van der Waals surface area contributed by atoms with Gasteiger partial charge in [0.15, 0.2) is 0 Å². The lowest BCUT2D eigenvalue weighted by Gasteiger charge is -2.34. The molecule has 0 radical (unpaired) electrons. The number of carboxylic acid groups (broad SMARTS) is 1. The molecule has 0 aromatic rings. The fourth-order valence-corrected chi connectivity index (χ4v) is 3.84. The lowest BCUT2D eigenvalue weighted by molar-refractivity contribution is -0.144. The smallest absolute Gasteiger partial charge is 0.306 e. The van der Waals surface area contributed by atoms with Gasteiger partial charge in [-0.3, -0.25) is 9.59 Å². The second kappa shape index (κ2) is 7.09. The number of rotatable bonds is 4. The van der Waals surface area contributed by atoms with Gasteiger partial charge in [0, 0.05) is 12.0 Å². The number of amides is 1. The van der Waals surface area contributed by atoms with Gasteiger partial charge < -0.3 is 10.4 Å². The number of carboxylic acids is 1. The van der Waals surface area contributed by atoms with Crippen LogP contribution in [0.4, 0.5) is 0 Å². The quantitative estimate of drug-likeness (QED) is 0.832. The number of hydrogen-bond acceptors (Lipinski definition) is 2. The average molecular weight is 281 g/mol. The molecule has 0 saturated heterocycles. The van der Waals surface area contributed by atoms with Crippen LogP contribution in [-0.2, 0) is 9.59 Å². The van der Waals surface area contributed by atoms with Crippen LogP contribution in [0, 0.1) is 17.8 Å². The summed E-state index contributed by atoms with van der Waals surface area (Å²) in [6, 6.07) is 0.312. The van der Waals surface area contributed by atoms with Gasteiger partial charge in [-0.2, -0.15) is 0 Å². The molecule has 20 heavy (non-hydrogen) atoms. The summed E-state index contributed by atoms with van der Waals surface area (Å²) in [5.74, 6) is -0.462. The van der Waals surface area contributed by atoms with Gasteiger partial charge in [0.1, 0.15) is 0 Å². The zero-order valence-corrected chi connectivity index (χ0v) is 12.4. The fourth-order valence-electron chi connectivity index (χ4n) is 3.84.